The Bertz CT molecular complexity index is 1230. The molecule has 1 aliphatic heterocycles. The fraction of sp³-hybridized carbons (Fsp3) is 0.385. The summed E-state index contributed by atoms with van der Waals surface area (Å²) in [6.07, 6.45) is 3.86. The van der Waals surface area contributed by atoms with Gasteiger partial charge in [-0.05, 0) is 62.1 Å². The van der Waals surface area contributed by atoms with Crippen LogP contribution < -0.4 is 10.8 Å². The summed E-state index contributed by atoms with van der Waals surface area (Å²) < 4.78 is 2.02. The minimum atomic E-state index is -0.353. The Morgan fingerprint density at radius 3 is 2.67 bits per heavy atom. The highest BCUT2D eigenvalue weighted by molar-refractivity contribution is 5.93. The number of nitrogens with one attached hydrogen (secondary N) is 1. The molecule has 1 atom stereocenters. The molecule has 1 fully saturated rings. The van der Waals surface area contributed by atoms with Crippen molar-refractivity contribution in [1.82, 2.24) is 19.8 Å². The van der Waals surface area contributed by atoms with Crippen LogP contribution in [0.3, 0.4) is 0 Å². The van der Waals surface area contributed by atoms with Gasteiger partial charge in [-0.3, -0.25) is 14.5 Å². The summed E-state index contributed by atoms with van der Waals surface area (Å²) in [7, 11) is 1.56. The maximum absolute atomic E-state index is 12.7. The molecule has 3 aromatic rings. The predicted octanol–water partition coefficient (Wildman–Crippen LogP) is 3.12. The zero-order valence-corrected chi connectivity index (χ0v) is 19.5. The molecule has 2 amide bonds. The number of likely N-dealkylation sites (tertiary alicyclic amines) is 1. The quantitative estimate of drug-likeness (QED) is 0.591. The van der Waals surface area contributed by atoms with E-state index in [9.17, 15) is 9.59 Å². The normalized spacial score (nSPS) is 17.3. The van der Waals surface area contributed by atoms with E-state index in [-0.39, 0.29) is 17.6 Å². The third-order valence-corrected chi connectivity index (χ3v) is 6.57. The van der Waals surface area contributed by atoms with Crippen LogP contribution in [-0.2, 0) is 17.9 Å². The first-order valence-corrected chi connectivity index (χ1v) is 11.5. The first kappa shape index (κ1) is 22.9. The second kappa shape index (κ2) is 10.1. The Kier molecular flexibility index (Phi) is 6.99. The Morgan fingerprint density at radius 2 is 1.94 bits per heavy atom. The summed E-state index contributed by atoms with van der Waals surface area (Å²) in [4.78, 5) is 35.4. The number of carbonyl (C=O) groups excluding carboxylic acids is 2. The molecule has 1 aromatic heterocycles. The topological polar surface area (TPSA) is 79.6 Å². The zero-order chi connectivity index (χ0) is 23.4. The zero-order valence-electron chi connectivity index (χ0n) is 19.5. The number of piperidine rings is 1. The standard InChI is InChI=1S/C26H31N5O2/c1-18-13-22-23(14-19(18)2)31(25(28-17-32)24(29-22)26(33)27-3)16-21-11-7-8-12-30(21)15-20-9-5-4-6-10-20/h4-6,9-10,13-14,17,21H,7-8,11-12,15-16H2,1-3H3,(H,27,33). The van der Waals surface area contributed by atoms with Crippen molar-refractivity contribution < 1.29 is 9.59 Å². The SMILES string of the molecule is CNC(=O)c1nc2cc(C)c(C)cc2n(CC2CCCCN2Cc2ccccc2)c1=NC=O. The molecule has 0 aliphatic carbocycles. The van der Waals surface area contributed by atoms with Crippen molar-refractivity contribution >= 4 is 23.4 Å². The molecule has 1 unspecified atom stereocenters. The molecule has 2 aromatic carbocycles. The number of carbonyl (C=O) groups is 2. The number of hydrogen-bond donors (Lipinski definition) is 1. The van der Waals surface area contributed by atoms with Crippen LogP contribution in [0.5, 0.6) is 0 Å². The monoisotopic (exact) mass is 445 g/mol. The van der Waals surface area contributed by atoms with Crippen molar-refractivity contribution in [3.8, 4) is 0 Å². The average molecular weight is 446 g/mol. The smallest absolute Gasteiger partial charge is 0.273 e. The number of rotatable bonds is 6. The molecule has 0 bridgehead atoms. The van der Waals surface area contributed by atoms with Crippen molar-refractivity contribution in [1.29, 1.82) is 0 Å². The Labute approximate surface area is 194 Å². The molecule has 1 saturated heterocycles. The van der Waals surface area contributed by atoms with Gasteiger partial charge in [-0.25, -0.2) is 4.98 Å². The molecule has 4 rings (SSSR count). The maximum Gasteiger partial charge on any atom is 0.273 e. The van der Waals surface area contributed by atoms with Gasteiger partial charge in [0.2, 0.25) is 6.41 Å². The Hall–Kier alpha value is -3.32. The number of hydrogen-bond acceptors (Lipinski definition) is 4. The van der Waals surface area contributed by atoms with Gasteiger partial charge in [0.1, 0.15) is 0 Å². The second-order valence-corrected chi connectivity index (χ2v) is 8.74. The molecule has 0 saturated carbocycles. The van der Waals surface area contributed by atoms with Crippen LogP contribution in [0.4, 0.5) is 0 Å². The highest BCUT2D eigenvalue weighted by Crippen LogP contribution is 2.23. The van der Waals surface area contributed by atoms with E-state index in [1.807, 2.05) is 23.6 Å². The maximum atomic E-state index is 12.7. The van der Waals surface area contributed by atoms with Gasteiger partial charge in [-0.15, -0.1) is 0 Å². The first-order chi connectivity index (χ1) is 16.0. The van der Waals surface area contributed by atoms with E-state index in [2.05, 4.69) is 57.4 Å². The van der Waals surface area contributed by atoms with E-state index < -0.39 is 0 Å². The largest absolute Gasteiger partial charge is 0.354 e. The fourth-order valence-electron chi connectivity index (χ4n) is 4.64. The third-order valence-electron chi connectivity index (χ3n) is 6.57. The lowest BCUT2D eigenvalue weighted by molar-refractivity contribution is -0.107. The summed E-state index contributed by atoms with van der Waals surface area (Å²) in [5, 5.41) is 2.64. The third kappa shape index (κ3) is 4.88. The van der Waals surface area contributed by atoms with Crippen LogP contribution in [0.1, 0.15) is 46.4 Å². The lowest BCUT2D eigenvalue weighted by atomic mass is 10.0. The van der Waals surface area contributed by atoms with Crippen molar-refractivity contribution in [3.63, 3.8) is 0 Å². The lowest BCUT2D eigenvalue weighted by Crippen LogP contribution is -2.44. The fourth-order valence-corrected chi connectivity index (χ4v) is 4.64. The minimum Gasteiger partial charge on any atom is -0.354 e. The molecule has 0 radical (unpaired) electrons. The van der Waals surface area contributed by atoms with Gasteiger partial charge in [0.25, 0.3) is 5.91 Å². The van der Waals surface area contributed by atoms with E-state index in [1.165, 1.54) is 12.0 Å². The molecule has 2 heterocycles. The summed E-state index contributed by atoms with van der Waals surface area (Å²) in [5.74, 6) is -0.353. The molecule has 33 heavy (non-hydrogen) atoms. The Morgan fingerprint density at radius 1 is 1.18 bits per heavy atom. The lowest BCUT2D eigenvalue weighted by Gasteiger charge is -2.36. The average Bonchev–Trinajstić information content (AvgIpc) is 2.83. The van der Waals surface area contributed by atoms with Crippen molar-refractivity contribution in [3.05, 3.63) is 70.3 Å². The number of fused-ring (bicyclic) bond motifs is 1. The van der Waals surface area contributed by atoms with Crippen molar-refractivity contribution in [2.24, 2.45) is 4.99 Å². The summed E-state index contributed by atoms with van der Waals surface area (Å²) in [5.41, 5.74) is 5.62. The van der Waals surface area contributed by atoms with E-state index in [4.69, 9.17) is 0 Å². The van der Waals surface area contributed by atoms with Gasteiger partial charge in [0.05, 0.1) is 11.0 Å². The number of aryl methyl sites for hydroxylation is 2. The summed E-state index contributed by atoms with van der Waals surface area (Å²) in [6.45, 7) is 6.61. The number of benzene rings is 2. The molecule has 172 valence electrons. The van der Waals surface area contributed by atoms with Gasteiger partial charge in [0, 0.05) is 26.2 Å². The van der Waals surface area contributed by atoms with Crippen LogP contribution in [0.15, 0.2) is 47.5 Å². The molecule has 7 heteroatoms. The van der Waals surface area contributed by atoms with Gasteiger partial charge in [-0.1, -0.05) is 36.8 Å². The number of aromatic nitrogens is 2. The van der Waals surface area contributed by atoms with E-state index in [1.54, 1.807) is 7.05 Å². The minimum absolute atomic E-state index is 0.172. The van der Waals surface area contributed by atoms with Crippen molar-refractivity contribution in [2.75, 3.05) is 13.6 Å². The molecule has 7 nitrogen and oxygen atoms in total. The van der Waals surface area contributed by atoms with E-state index >= 15 is 0 Å². The highest BCUT2D eigenvalue weighted by atomic mass is 16.2. The van der Waals surface area contributed by atoms with Gasteiger partial charge in [-0.2, -0.15) is 4.99 Å². The number of amides is 2. The van der Waals surface area contributed by atoms with E-state index in [0.717, 1.165) is 48.1 Å². The van der Waals surface area contributed by atoms with Gasteiger partial charge >= 0.3 is 0 Å². The summed E-state index contributed by atoms with van der Waals surface area (Å²) in [6, 6.07) is 14.8. The van der Waals surface area contributed by atoms with Gasteiger partial charge in [0.15, 0.2) is 11.2 Å². The molecule has 1 N–H and O–H groups in total. The molecular weight excluding hydrogens is 414 g/mol. The summed E-state index contributed by atoms with van der Waals surface area (Å²) >= 11 is 0. The van der Waals surface area contributed by atoms with Crippen LogP contribution in [-0.4, -0.2) is 46.4 Å². The van der Waals surface area contributed by atoms with Gasteiger partial charge < -0.3 is 9.88 Å². The van der Waals surface area contributed by atoms with Crippen LogP contribution in [0.25, 0.3) is 11.0 Å². The second-order valence-electron chi connectivity index (χ2n) is 8.74. The predicted molar refractivity (Wildman–Crippen MR) is 129 cm³/mol. The molecule has 0 spiro atoms. The highest BCUT2D eigenvalue weighted by Gasteiger charge is 2.25. The van der Waals surface area contributed by atoms with Crippen LogP contribution in [0.2, 0.25) is 0 Å². The number of nitrogens with zero attached hydrogens (tertiary/aromatic N) is 4. The first-order valence-electron chi connectivity index (χ1n) is 11.5. The van der Waals surface area contributed by atoms with Crippen molar-refractivity contribution in [2.45, 2.75) is 52.2 Å². The molecule has 1 aliphatic rings. The van der Waals surface area contributed by atoms with Crippen LogP contribution in [0, 0.1) is 13.8 Å². The molecular formula is C26H31N5O2. The Balaban J connectivity index is 1.84. The van der Waals surface area contributed by atoms with Crippen LogP contribution >= 0.6 is 0 Å². The van der Waals surface area contributed by atoms with E-state index in [0.29, 0.717) is 18.4 Å².